The van der Waals surface area contributed by atoms with Gasteiger partial charge in [-0.05, 0) is 18.2 Å². The van der Waals surface area contributed by atoms with E-state index >= 15 is 0 Å². The number of benzene rings is 1. The van der Waals surface area contributed by atoms with Crippen molar-refractivity contribution in [2.45, 2.75) is 6.54 Å². The summed E-state index contributed by atoms with van der Waals surface area (Å²) in [6, 6.07) is 7.08. The molecule has 2 amide bonds. The van der Waals surface area contributed by atoms with Crippen LogP contribution >= 0.6 is 11.6 Å². The molecule has 1 saturated heterocycles. The lowest BCUT2D eigenvalue weighted by atomic mass is 10.1. The third-order valence-corrected chi connectivity index (χ3v) is 4.33. The number of piperazine rings is 1. The molecule has 0 aliphatic carbocycles. The molecule has 3 rings (SSSR count). The highest BCUT2D eigenvalue weighted by molar-refractivity contribution is 6.30. The first-order chi connectivity index (χ1) is 12.1. The van der Waals surface area contributed by atoms with Crippen molar-refractivity contribution in [1.82, 2.24) is 19.6 Å². The van der Waals surface area contributed by atoms with E-state index in [2.05, 4.69) is 5.10 Å². The van der Waals surface area contributed by atoms with E-state index in [0.717, 1.165) is 0 Å². The number of hydrogen-bond acceptors (Lipinski definition) is 4. The predicted octanol–water partition coefficient (Wildman–Crippen LogP) is 1.53. The summed E-state index contributed by atoms with van der Waals surface area (Å²) >= 11 is 5.80. The van der Waals surface area contributed by atoms with Gasteiger partial charge in [0, 0.05) is 37.9 Å². The van der Waals surface area contributed by atoms with E-state index < -0.39 is 0 Å². The van der Waals surface area contributed by atoms with Gasteiger partial charge in [-0.2, -0.15) is 5.10 Å². The summed E-state index contributed by atoms with van der Waals surface area (Å²) in [6.07, 6.45) is 3.11. The molecule has 132 valence electrons. The monoisotopic (exact) mass is 362 g/mol. The van der Waals surface area contributed by atoms with Crippen molar-refractivity contribution in [3.63, 3.8) is 0 Å². The smallest absolute Gasteiger partial charge is 0.254 e. The molecule has 2 aromatic rings. The van der Waals surface area contributed by atoms with Crippen LogP contribution in [0, 0.1) is 0 Å². The van der Waals surface area contributed by atoms with Gasteiger partial charge in [-0.15, -0.1) is 0 Å². The molecular weight excluding hydrogens is 344 g/mol. The van der Waals surface area contributed by atoms with Gasteiger partial charge in [0.25, 0.3) is 5.91 Å². The molecule has 1 aromatic heterocycles. The molecule has 0 saturated carbocycles. The minimum absolute atomic E-state index is 0.0340. The Morgan fingerprint density at radius 1 is 1.20 bits per heavy atom. The van der Waals surface area contributed by atoms with Crippen LogP contribution in [0.25, 0.3) is 0 Å². The van der Waals surface area contributed by atoms with E-state index in [4.69, 9.17) is 16.3 Å². The summed E-state index contributed by atoms with van der Waals surface area (Å²) in [5, 5.41) is 4.51. The van der Waals surface area contributed by atoms with Crippen LogP contribution in [-0.2, 0) is 11.3 Å². The van der Waals surface area contributed by atoms with Gasteiger partial charge < -0.3 is 14.5 Å². The van der Waals surface area contributed by atoms with Crippen molar-refractivity contribution in [2.75, 3.05) is 33.3 Å². The van der Waals surface area contributed by atoms with Crippen LogP contribution < -0.4 is 4.74 Å². The van der Waals surface area contributed by atoms with Crippen LogP contribution in [0.15, 0.2) is 36.7 Å². The van der Waals surface area contributed by atoms with Crippen LogP contribution in [0.1, 0.15) is 10.4 Å². The van der Waals surface area contributed by atoms with E-state index in [1.807, 2.05) is 0 Å². The second kappa shape index (κ2) is 7.57. The molecule has 7 nitrogen and oxygen atoms in total. The van der Waals surface area contributed by atoms with E-state index in [1.54, 1.807) is 47.4 Å². The summed E-state index contributed by atoms with van der Waals surface area (Å²) in [6.45, 7) is 2.16. The Kier molecular flexibility index (Phi) is 5.23. The molecule has 0 radical (unpaired) electrons. The number of rotatable bonds is 4. The van der Waals surface area contributed by atoms with Crippen LogP contribution in [0.3, 0.4) is 0 Å². The Morgan fingerprint density at radius 3 is 2.56 bits per heavy atom. The van der Waals surface area contributed by atoms with Gasteiger partial charge in [0.2, 0.25) is 5.91 Å². The normalized spacial score (nSPS) is 14.5. The molecule has 0 N–H and O–H groups in total. The average molecular weight is 363 g/mol. The van der Waals surface area contributed by atoms with Crippen molar-refractivity contribution >= 4 is 23.4 Å². The minimum Gasteiger partial charge on any atom is -0.497 e. The third-order valence-electron chi connectivity index (χ3n) is 4.14. The lowest BCUT2D eigenvalue weighted by Gasteiger charge is -2.34. The first-order valence-corrected chi connectivity index (χ1v) is 8.33. The lowest BCUT2D eigenvalue weighted by Crippen LogP contribution is -2.51. The number of methoxy groups -OCH3 is 1. The molecule has 8 heteroatoms. The zero-order valence-corrected chi connectivity index (χ0v) is 14.6. The van der Waals surface area contributed by atoms with E-state index in [0.29, 0.717) is 42.5 Å². The number of nitrogens with zero attached hydrogens (tertiary/aromatic N) is 4. The van der Waals surface area contributed by atoms with Crippen LogP contribution in [0.5, 0.6) is 5.75 Å². The first kappa shape index (κ1) is 17.3. The number of halogens is 1. The molecule has 2 heterocycles. The highest BCUT2D eigenvalue weighted by Crippen LogP contribution is 2.16. The number of ether oxygens (including phenoxy) is 1. The molecule has 0 atom stereocenters. The zero-order valence-electron chi connectivity index (χ0n) is 13.9. The maximum Gasteiger partial charge on any atom is 0.254 e. The topological polar surface area (TPSA) is 67.7 Å². The van der Waals surface area contributed by atoms with Crippen molar-refractivity contribution in [1.29, 1.82) is 0 Å². The molecule has 1 aliphatic heterocycles. The van der Waals surface area contributed by atoms with Gasteiger partial charge in [-0.25, -0.2) is 0 Å². The molecule has 25 heavy (non-hydrogen) atoms. The number of amides is 2. The van der Waals surface area contributed by atoms with Crippen molar-refractivity contribution in [3.05, 3.63) is 47.2 Å². The zero-order chi connectivity index (χ0) is 17.8. The van der Waals surface area contributed by atoms with E-state index in [-0.39, 0.29) is 18.4 Å². The van der Waals surface area contributed by atoms with Gasteiger partial charge in [-0.1, -0.05) is 17.7 Å². The second-order valence-electron chi connectivity index (χ2n) is 5.76. The first-order valence-electron chi connectivity index (χ1n) is 7.96. The summed E-state index contributed by atoms with van der Waals surface area (Å²) in [5.41, 5.74) is 0.588. The summed E-state index contributed by atoms with van der Waals surface area (Å²) in [4.78, 5) is 28.4. The number of carbonyl (C=O) groups is 2. The second-order valence-corrected chi connectivity index (χ2v) is 6.20. The third kappa shape index (κ3) is 4.11. The summed E-state index contributed by atoms with van der Waals surface area (Å²) in [5.74, 6) is 0.565. The van der Waals surface area contributed by atoms with Crippen LogP contribution in [0.4, 0.5) is 0 Å². The molecule has 1 aromatic carbocycles. The van der Waals surface area contributed by atoms with Crippen molar-refractivity contribution in [3.8, 4) is 5.75 Å². The largest absolute Gasteiger partial charge is 0.497 e. The van der Waals surface area contributed by atoms with Crippen molar-refractivity contribution < 1.29 is 14.3 Å². The summed E-state index contributed by atoms with van der Waals surface area (Å²) < 4.78 is 6.67. The maximum atomic E-state index is 12.6. The molecule has 0 bridgehead atoms. The van der Waals surface area contributed by atoms with Gasteiger partial charge >= 0.3 is 0 Å². The Balaban J connectivity index is 1.55. The van der Waals surface area contributed by atoms with Gasteiger partial charge in [0.05, 0.1) is 18.3 Å². The Bertz CT molecular complexity index is 769. The van der Waals surface area contributed by atoms with Crippen molar-refractivity contribution in [2.24, 2.45) is 0 Å². The molecular formula is C17H19ClN4O3. The average Bonchev–Trinajstić information content (AvgIpc) is 3.06. The predicted molar refractivity (Wildman–Crippen MR) is 92.7 cm³/mol. The summed E-state index contributed by atoms with van der Waals surface area (Å²) in [7, 11) is 1.57. The Labute approximate surface area is 150 Å². The van der Waals surface area contributed by atoms with Gasteiger partial charge in [-0.3, -0.25) is 14.3 Å². The fourth-order valence-electron chi connectivity index (χ4n) is 2.76. The minimum atomic E-state index is -0.0511. The molecule has 0 unspecified atom stereocenters. The van der Waals surface area contributed by atoms with E-state index in [1.165, 1.54) is 10.9 Å². The number of aromatic nitrogens is 2. The van der Waals surface area contributed by atoms with E-state index in [9.17, 15) is 9.59 Å². The van der Waals surface area contributed by atoms with Gasteiger partial charge in [0.15, 0.2) is 0 Å². The highest BCUT2D eigenvalue weighted by atomic mass is 35.5. The standard InChI is InChI=1S/C17H19ClN4O3/c1-25-15-4-2-3-13(9-15)17(24)21-7-5-20(6-8-21)16(23)12-22-11-14(18)10-19-22/h2-4,9-11H,5-8,12H2,1H3. The van der Waals surface area contributed by atoms with Crippen LogP contribution in [0.2, 0.25) is 5.02 Å². The molecule has 1 aliphatic rings. The Morgan fingerprint density at radius 2 is 1.92 bits per heavy atom. The number of carbonyl (C=O) groups excluding carboxylic acids is 2. The fraction of sp³-hybridized carbons (Fsp3) is 0.353. The molecule has 1 fully saturated rings. The Hall–Kier alpha value is -2.54. The fourth-order valence-corrected chi connectivity index (χ4v) is 2.92. The highest BCUT2D eigenvalue weighted by Gasteiger charge is 2.25. The van der Waals surface area contributed by atoms with Crippen LogP contribution in [-0.4, -0.2) is 64.7 Å². The lowest BCUT2D eigenvalue weighted by molar-refractivity contribution is -0.133. The number of hydrogen-bond donors (Lipinski definition) is 0. The maximum absolute atomic E-state index is 12.6. The SMILES string of the molecule is COc1cccc(C(=O)N2CCN(C(=O)Cn3cc(Cl)cn3)CC2)c1. The van der Waals surface area contributed by atoms with Gasteiger partial charge in [0.1, 0.15) is 12.3 Å². The quantitative estimate of drug-likeness (QED) is 0.827. The molecule has 0 spiro atoms.